The summed E-state index contributed by atoms with van der Waals surface area (Å²) in [4.78, 5) is 4.66. The molecule has 0 aliphatic heterocycles. The second-order valence-corrected chi connectivity index (χ2v) is 6.49. The highest BCUT2D eigenvalue weighted by Gasteiger charge is 2.14. The third-order valence-corrected chi connectivity index (χ3v) is 4.28. The molecule has 0 saturated heterocycles. The number of hydrogen-bond acceptors (Lipinski definition) is 1. The standard InChI is InChI=1S/C16H13ClFIN2/c1-10-2-3-11(18)8-15(10)21-14-5-4-12(19)9-13(14)20-16(21)6-7-17/h2-5,8-9H,6-7H2,1H3. The average Bonchev–Trinajstić information content (AvgIpc) is 2.79. The van der Waals surface area contributed by atoms with Crippen molar-refractivity contribution in [3.05, 3.63) is 57.2 Å². The van der Waals surface area contributed by atoms with E-state index in [1.807, 2.05) is 29.7 Å². The monoisotopic (exact) mass is 414 g/mol. The number of nitrogens with zero attached hydrogens (tertiary/aromatic N) is 2. The number of halogens is 3. The van der Waals surface area contributed by atoms with Crippen molar-refractivity contribution < 1.29 is 4.39 Å². The summed E-state index contributed by atoms with van der Waals surface area (Å²) >= 11 is 8.16. The van der Waals surface area contributed by atoms with Crippen LogP contribution in [0.3, 0.4) is 0 Å². The molecule has 0 radical (unpaired) electrons. The van der Waals surface area contributed by atoms with E-state index in [1.165, 1.54) is 6.07 Å². The predicted molar refractivity (Wildman–Crippen MR) is 92.9 cm³/mol. The van der Waals surface area contributed by atoms with Gasteiger partial charge in [-0.1, -0.05) is 6.07 Å². The van der Waals surface area contributed by atoms with Gasteiger partial charge in [-0.2, -0.15) is 0 Å². The molecule has 0 N–H and O–H groups in total. The van der Waals surface area contributed by atoms with Crippen LogP contribution in [0.5, 0.6) is 0 Å². The van der Waals surface area contributed by atoms with Crippen LogP contribution in [0.2, 0.25) is 0 Å². The van der Waals surface area contributed by atoms with Crippen molar-refractivity contribution in [3.8, 4) is 5.69 Å². The third kappa shape index (κ3) is 2.79. The summed E-state index contributed by atoms with van der Waals surface area (Å²) in [5, 5.41) is 0. The van der Waals surface area contributed by atoms with Gasteiger partial charge in [0.2, 0.25) is 0 Å². The molecule has 0 aliphatic carbocycles. The lowest BCUT2D eigenvalue weighted by atomic mass is 10.2. The largest absolute Gasteiger partial charge is 0.296 e. The van der Waals surface area contributed by atoms with E-state index < -0.39 is 0 Å². The summed E-state index contributed by atoms with van der Waals surface area (Å²) in [6.45, 7) is 1.97. The lowest BCUT2D eigenvalue weighted by Gasteiger charge is -2.12. The van der Waals surface area contributed by atoms with Crippen molar-refractivity contribution >= 4 is 45.2 Å². The van der Waals surface area contributed by atoms with Crippen molar-refractivity contribution in [2.45, 2.75) is 13.3 Å². The Balaban J connectivity index is 2.33. The molecule has 2 nitrogen and oxygen atoms in total. The molecule has 0 fully saturated rings. The van der Waals surface area contributed by atoms with Crippen LogP contribution < -0.4 is 0 Å². The van der Waals surface area contributed by atoms with Gasteiger partial charge in [-0.25, -0.2) is 9.37 Å². The fourth-order valence-electron chi connectivity index (χ4n) is 2.45. The molecule has 0 atom stereocenters. The molecule has 3 aromatic rings. The number of hydrogen-bond donors (Lipinski definition) is 0. The van der Waals surface area contributed by atoms with Crippen LogP contribution in [0.4, 0.5) is 4.39 Å². The molecule has 1 aromatic heterocycles. The van der Waals surface area contributed by atoms with Gasteiger partial charge in [0.15, 0.2) is 0 Å². The first-order chi connectivity index (χ1) is 10.1. The van der Waals surface area contributed by atoms with E-state index in [2.05, 4.69) is 27.6 Å². The second-order valence-electron chi connectivity index (χ2n) is 4.87. The highest BCUT2D eigenvalue weighted by atomic mass is 127. The molecule has 108 valence electrons. The van der Waals surface area contributed by atoms with Crippen molar-refractivity contribution in [1.29, 1.82) is 0 Å². The van der Waals surface area contributed by atoms with E-state index in [0.29, 0.717) is 12.3 Å². The summed E-state index contributed by atoms with van der Waals surface area (Å²) in [5.74, 6) is 1.09. The molecule has 0 unspecified atom stereocenters. The number of imidazole rings is 1. The van der Waals surface area contributed by atoms with Crippen molar-refractivity contribution in [2.24, 2.45) is 0 Å². The molecule has 0 aliphatic rings. The highest BCUT2D eigenvalue weighted by Crippen LogP contribution is 2.26. The molecule has 0 amide bonds. The van der Waals surface area contributed by atoms with Crippen molar-refractivity contribution in [2.75, 3.05) is 5.88 Å². The Morgan fingerprint density at radius 1 is 1.24 bits per heavy atom. The molecular weight excluding hydrogens is 402 g/mol. The number of fused-ring (bicyclic) bond motifs is 1. The summed E-state index contributed by atoms with van der Waals surface area (Å²) in [5.41, 5.74) is 3.71. The van der Waals surface area contributed by atoms with Gasteiger partial charge in [-0.3, -0.25) is 4.57 Å². The Labute approximate surface area is 141 Å². The van der Waals surface area contributed by atoms with E-state index in [1.54, 1.807) is 12.1 Å². The smallest absolute Gasteiger partial charge is 0.125 e. The first kappa shape index (κ1) is 14.8. The van der Waals surface area contributed by atoms with E-state index >= 15 is 0 Å². The summed E-state index contributed by atoms with van der Waals surface area (Å²) in [6.07, 6.45) is 0.642. The lowest BCUT2D eigenvalue weighted by molar-refractivity contribution is 0.626. The van der Waals surface area contributed by atoms with Crippen LogP contribution in [0, 0.1) is 16.3 Å². The van der Waals surface area contributed by atoms with Crippen LogP contribution >= 0.6 is 34.2 Å². The van der Waals surface area contributed by atoms with Gasteiger partial charge in [0.25, 0.3) is 0 Å². The number of aryl methyl sites for hydroxylation is 2. The minimum Gasteiger partial charge on any atom is -0.296 e. The Bertz CT molecular complexity index is 813. The average molecular weight is 415 g/mol. The molecule has 3 rings (SSSR count). The quantitative estimate of drug-likeness (QED) is 0.442. The van der Waals surface area contributed by atoms with Crippen LogP contribution in [-0.4, -0.2) is 15.4 Å². The molecule has 0 bridgehead atoms. The maximum absolute atomic E-state index is 13.7. The molecular formula is C16H13ClFIN2. The van der Waals surface area contributed by atoms with Gasteiger partial charge in [0.1, 0.15) is 11.6 Å². The minimum atomic E-state index is -0.250. The zero-order chi connectivity index (χ0) is 15.0. The second kappa shape index (κ2) is 5.93. The fourth-order valence-corrected chi connectivity index (χ4v) is 3.09. The molecule has 2 aromatic carbocycles. The molecule has 0 spiro atoms. The number of benzene rings is 2. The first-order valence-corrected chi connectivity index (χ1v) is 8.21. The SMILES string of the molecule is Cc1ccc(F)cc1-n1c(CCCl)nc2cc(I)ccc21. The number of alkyl halides is 1. The minimum absolute atomic E-state index is 0.250. The van der Waals surface area contributed by atoms with E-state index in [0.717, 1.165) is 31.7 Å². The zero-order valence-corrected chi connectivity index (χ0v) is 14.3. The van der Waals surface area contributed by atoms with Gasteiger partial charge >= 0.3 is 0 Å². The summed E-state index contributed by atoms with van der Waals surface area (Å²) in [7, 11) is 0. The molecule has 5 heteroatoms. The van der Waals surface area contributed by atoms with Gasteiger partial charge < -0.3 is 0 Å². The first-order valence-electron chi connectivity index (χ1n) is 6.59. The Morgan fingerprint density at radius 3 is 2.81 bits per heavy atom. The Hall–Kier alpha value is -1.14. The van der Waals surface area contributed by atoms with E-state index in [9.17, 15) is 4.39 Å². The van der Waals surface area contributed by atoms with Crippen LogP contribution in [0.1, 0.15) is 11.4 Å². The maximum atomic E-state index is 13.7. The lowest BCUT2D eigenvalue weighted by Crippen LogP contribution is -2.04. The zero-order valence-electron chi connectivity index (χ0n) is 11.4. The maximum Gasteiger partial charge on any atom is 0.125 e. The molecule has 0 saturated carbocycles. The highest BCUT2D eigenvalue weighted by molar-refractivity contribution is 14.1. The topological polar surface area (TPSA) is 17.8 Å². The van der Waals surface area contributed by atoms with Gasteiger partial charge in [-0.15, -0.1) is 11.6 Å². The van der Waals surface area contributed by atoms with E-state index in [-0.39, 0.29) is 5.82 Å². The normalized spacial score (nSPS) is 11.2. The Morgan fingerprint density at radius 2 is 2.05 bits per heavy atom. The van der Waals surface area contributed by atoms with Crippen molar-refractivity contribution in [1.82, 2.24) is 9.55 Å². The van der Waals surface area contributed by atoms with E-state index in [4.69, 9.17) is 11.6 Å². The van der Waals surface area contributed by atoms with Crippen molar-refractivity contribution in [3.63, 3.8) is 0 Å². The van der Waals surface area contributed by atoms with Gasteiger partial charge in [0.05, 0.1) is 16.7 Å². The van der Waals surface area contributed by atoms with Gasteiger partial charge in [0, 0.05) is 15.9 Å². The van der Waals surface area contributed by atoms with Gasteiger partial charge in [-0.05, 0) is 65.4 Å². The van der Waals surface area contributed by atoms with Crippen LogP contribution in [0.15, 0.2) is 36.4 Å². The number of rotatable bonds is 3. The fraction of sp³-hybridized carbons (Fsp3) is 0.188. The molecule has 1 heterocycles. The van der Waals surface area contributed by atoms with Crippen LogP contribution in [0.25, 0.3) is 16.7 Å². The summed E-state index contributed by atoms with van der Waals surface area (Å²) < 4.78 is 16.8. The molecule has 21 heavy (non-hydrogen) atoms. The predicted octanol–water partition coefficient (Wildman–Crippen LogP) is 4.86. The van der Waals surface area contributed by atoms with Crippen LogP contribution in [-0.2, 0) is 6.42 Å². The summed E-state index contributed by atoms with van der Waals surface area (Å²) in [6, 6.07) is 10.9. The number of aromatic nitrogens is 2. The third-order valence-electron chi connectivity index (χ3n) is 3.42. The Kier molecular flexibility index (Phi) is 4.17.